The van der Waals surface area contributed by atoms with Crippen molar-refractivity contribution in [2.45, 2.75) is 32.1 Å². The number of likely N-dealkylation sites (tertiary alicyclic amines) is 1. The highest BCUT2D eigenvalue weighted by atomic mass is 16.4. The Hall–Kier alpha value is -2.90. The van der Waals surface area contributed by atoms with E-state index < -0.39 is 18.4 Å². The number of aliphatic carboxylic acids is 1. The molecule has 0 radical (unpaired) electrons. The lowest BCUT2D eigenvalue weighted by Crippen LogP contribution is -2.39. The molecule has 1 aliphatic rings. The van der Waals surface area contributed by atoms with Crippen LogP contribution in [0.3, 0.4) is 0 Å². The summed E-state index contributed by atoms with van der Waals surface area (Å²) in [5.74, 6) is -1.91. The molecule has 0 unspecified atom stereocenters. The van der Waals surface area contributed by atoms with Gasteiger partial charge in [0.15, 0.2) is 0 Å². The predicted molar refractivity (Wildman–Crippen MR) is 94.7 cm³/mol. The molecule has 0 aliphatic carbocycles. The normalized spacial score (nSPS) is 14.9. The van der Waals surface area contributed by atoms with Gasteiger partial charge in [-0.2, -0.15) is 0 Å². The molecule has 1 heterocycles. The summed E-state index contributed by atoms with van der Waals surface area (Å²) in [4.78, 5) is 48.0. The number of rotatable bonds is 6. The van der Waals surface area contributed by atoms with E-state index >= 15 is 0 Å². The lowest BCUT2D eigenvalue weighted by atomic mass is 10.1. The molecule has 1 aromatic carbocycles. The fourth-order valence-electron chi connectivity index (χ4n) is 2.72. The Labute approximate surface area is 151 Å². The monoisotopic (exact) mass is 361 g/mol. The highest BCUT2D eigenvalue weighted by molar-refractivity contribution is 5.97. The van der Waals surface area contributed by atoms with Crippen LogP contribution in [0.25, 0.3) is 0 Å². The summed E-state index contributed by atoms with van der Waals surface area (Å²) in [6.07, 6.45) is 4.37. The SMILES string of the molecule is O=C(O)CNC(=O)c1ccc(NC(=O)CN2CCCCCCC2=O)cc1. The maximum absolute atomic E-state index is 12.2. The third kappa shape index (κ3) is 6.19. The maximum atomic E-state index is 12.2. The first-order valence-corrected chi connectivity index (χ1v) is 8.63. The summed E-state index contributed by atoms with van der Waals surface area (Å²) in [6.45, 7) is 0.149. The number of carbonyl (C=O) groups excluding carboxylic acids is 3. The van der Waals surface area contributed by atoms with Crippen LogP contribution in [0.4, 0.5) is 5.69 Å². The van der Waals surface area contributed by atoms with E-state index in [0.29, 0.717) is 24.2 Å². The average Bonchev–Trinajstić information content (AvgIpc) is 2.60. The highest BCUT2D eigenvalue weighted by Gasteiger charge is 2.18. The van der Waals surface area contributed by atoms with E-state index in [0.717, 1.165) is 25.7 Å². The summed E-state index contributed by atoms with van der Waals surface area (Å²) in [6, 6.07) is 6.10. The largest absolute Gasteiger partial charge is 0.480 e. The van der Waals surface area contributed by atoms with Gasteiger partial charge >= 0.3 is 5.97 Å². The van der Waals surface area contributed by atoms with Gasteiger partial charge in [0.2, 0.25) is 11.8 Å². The van der Waals surface area contributed by atoms with E-state index in [4.69, 9.17) is 5.11 Å². The quantitative estimate of drug-likeness (QED) is 0.705. The maximum Gasteiger partial charge on any atom is 0.322 e. The number of nitrogens with one attached hydrogen (secondary N) is 2. The van der Waals surface area contributed by atoms with Gasteiger partial charge in [0.25, 0.3) is 5.91 Å². The van der Waals surface area contributed by atoms with Crippen molar-refractivity contribution in [3.05, 3.63) is 29.8 Å². The van der Waals surface area contributed by atoms with E-state index in [1.807, 2.05) is 0 Å². The highest BCUT2D eigenvalue weighted by Crippen LogP contribution is 2.13. The molecule has 0 saturated carbocycles. The summed E-state index contributed by atoms with van der Waals surface area (Å²) in [5, 5.41) is 13.5. The number of amides is 3. The molecule has 2 rings (SSSR count). The van der Waals surface area contributed by atoms with Gasteiger partial charge in [0.1, 0.15) is 6.54 Å². The number of benzene rings is 1. The van der Waals surface area contributed by atoms with Crippen LogP contribution in [-0.4, -0.2) is 53.3 Å². The molecule has 0 atom stereocenters. The van der Waals surface area contributed by atoms with E-state index in [2.05, 4.69) is 10.6 Å². The predicted octanol–water partition coefficient (Wildman–Crippen LogP) is 1.23. The Bertz CT molecular complexity index is 672. The van der Waals surface area contributed by atoms with Crippen LogP contribution < -0.4 is 10.6 Å². The number of carbonyl (C=O) groups is 4. The van der Waals surface area contributed by atoms with E-state index in [1.54, 1.807) is 17.0 Å². The van der Waals surface area contributed by atoms with Gasteiger partial charge < -0.3 is 20.6 Å². The molecular formula is C18H23N3O5. The van der Waals surface area contributed by atoms with E-state index in [-0.39, 0.29) is 18.4 Å². The van der Waals surface area contributed by atoms with Gasteiger partial charge in [-0.1, -0.05) is 12.8 Å². The first-order chi connectivity index (χ1) is 12.5. The molecule has 1 fully saturated rings. The minimum atomic E-state index is -1.12. The van der Waals surface area contributed by atoms with Crippen LogP contribution >= 0.6 is 0 Å². The minimum absolute atomic E-state index is 0.00491. The molecule has 140 valence electrons. The number of carboxylic acid groups (broad SMARTS) is 1. The van der Waals surface area contributed by atoms with Gasteiger partial charge in [-0.15, -0.1) is 0 Å². The summed E-state index contributed by atoms with van der Waals surface area (Å²) in [7, 11) is 0. The molecule has 26 heavy (non-hydrogen) atoms. The number of hydrogen-bond donors (Lipinski definition) is 3. The second kappa shape index (κ2) is 9.55. The lowest BCUT2D eigenvalue weighted by molar-refractivity contribution is -0.136. The van der Waals surface area contributed by atoms with Crippen LogP contribution in [0.5, 0.6) is 0 Å². The Kier molecular flexibility index (Phi) is 7.13. The molecule has 0 bridgehead atoms. The summed E-state index contributed by atoms with van der Waals surface area (Å²) < 4.78 is 0. The zero-order chi connectivity index (χ0) is 18.9. The second-order valence-corrected chi connectivity index (χ2v) is 6.18. The smallest absolute Gasteiger partial charge is 0.322 e. The van der Waals surface area contributed by atoms with Crippen molar-refractivity contribution < 1.29 is 24.3 Å². The van der Waals surface area contributed by atoms with Crippen LogP contribution in [-0.2, 0) is 14.4 Å². The van der Waals surface area contributed by atoms with E-state index in [9.17, 15) is 19.2 Å². The molecule has 3 N–H and O–H groups in total. The molecule has 0 spiro atoms. The number of hydrogen-bond acceptors (Lipinski definition) is 4. The van der Waals surface area contributed by atoms with Crippen molar-refractivity contribution >= 4 is 29.4 Å². The molecule has 1 aromatic rings. The zero-order valence-electron chi connectivity index (χ0n) is 14.5. The molecular weight excluding hydrogens is 338 g/mol. The van der Waals surface area contributed by atoms with Crippen molar-refractivity contribution in [2.75, 3.05) is 25.0 Å². The van der Waals surface area contributed by atoms with Gasteiger partial charge in [-0.05, 0) is 37.1 Å². The fraction of sp³-hybridized carbons (Fsp3) is 0.444. The first-order valence-electron chi connectivity index (χ1n) is 8.63. The van der Waals surface area contributed by atoms with Gasteiger partial charge in [-0.25, -0.2) is 0 Å². The second-order valence-electron chi connectivity index (χ2n) is 6.18. The molecule has 1 saturated heterocycles. The molecule has 1 aliphatic heterocycles. The third-order valence-corrected chi connectivity index (χ3v) is 4.09. The first kappa shape index (κ1) is 19.4. The lowest BCUT2D eigenvalue weighted by Gasteiger charge is -2.24. The van der Waals surface area contributed by atoms with Crippen molar-refractivity contribution in [3.63, 3.8) is 0 Å². The van der Waals surface area contributed by atoms with Gasteiger partial charge in [0.05, 0.1) is 6.54 Å². The van der Waals surface area contributed by atoms with Crippen LogP contribution in [0.15, 0.2) is 24.3 Å². The Balaban J connectivity index is 1.87. The van der Waals surface area contributed by atoms with Crippen LogP contribution in [0.1, 0.15) is 42.5 Å². The Morgan fingerprint density at radius 1 is 1.04 bits per heavy atom. The Morgan fingerprint density at radius 3 is 2.42 bits per heavy atom. The Morgan fingerprint density at radius 2 is 1.73 bits per heavy atom. The number of carboxylic acids is 1. The van der Waals surface area contributed by atoms with Crippen molar-refractivity contribution in [2.24, 2.45) is 0 Å². The third-order valence-electron chi connectivity index (χ3n) is 4.09. The summed E-state index contributed by atoms with van der Waals surface area (Å²) >= 11 is 0. The van der Waals surface area contributed by atoms with Crippen molar-refractivity contribution in [1.29, 1.82) is 0 Å². The van der Waals surface area contributed by atoms with Crippen molar-refractivity contribution in [1.82, 2.24) is 10.2 Å². The summed E-state index contributed by atoms with van der Waals surface area (Å²) in [5.41, 5.74) is 0.799. The standard InChI is InChI=1S/C18H23N3O5/c22-15(12-21-10-4-2-1-3-5-16(21)23)20-14-8-6-13(7-9-14)18(26)19-11-17(24)25/h6-9H,1-5,10-12H2,(H,19,26)(H,20,22)(H,24,25). The van der Waals surface area contributed by atoms with Crippen molar-refractivity contribution in [3.8, 4) is 0 Å². The zero-order valence-corrected chi connectivity index (χ0v) is 14.5. The number of anilines is 1. The van der Waals surface area contributed by atoms with Crippen LogP contribution in [0, 0.1) is 0 Å². The number of nitrogens with zero attached hydrogens (tertiary/aromatic N) is 1. The topological polar surface area (TPSA) is 116 Å². The van der Waals surface area contributed by atoms with Gasteiger partial charge in [0, 0.05) is 24.2 Å². The van der Waals surface area contributed by atoms with Gasteiger partial charge in [-0.3, -0.25) is 19.2 Å². The molecule has 0 aromatic heterocycles. The molecule has 3 amide bonds. The minimum Gasteiger partial charge on any atom is -0.480 e. The molecule has 8 nitrogen and oxygen atoms in total. The fourth-order valence-corrected chi connectivity index (χ4v) is 2.72. The average molecular weight is 361 g/mol. The van der Waals surface area contributed by atoms with E-state index in [1.165, 1.54) is 12.1 Å². The van der Waals surface area contributed by atoms with Crippen LogP contribution in [0.2, 0.25) is 0 Å². The molecule has 8 heteroatoms.